The van der Waals surface area contributed by atoms with Crippen molar-refractivity contribution in [3.05, 3.63) is 108 Å². The SMILES string of the molecule is COc1ccc(NC(=O)c2ccc(COC(=O)c3cnn(-c4ccccc4)c3)cc2)cc1. The first kappa shape index (κ1) is 20.9. The molecule has 160 valence electrons. The van der Waals surface area contributed by atoms with Crippen molar-refractivity contribution in [3.63, 3.8) is 0 Å². The standard InChI is InChI=1S/C25H21N3O4/c1-31-23-13-11-21(12-14-23)27-24(29)19-9-7-18(8-10-19)17-32-25(30)20-15-26-28(16-20)22-5-3-2-4-6-22/h2-16H,17H2,1H3,(H,27,29). The first-order valence-corrected chi connectivity index (χ1v) is 9.94. The molecular weight excluding hydrogens is 406 g/mol. The third kappa shape index (κ3) is 5.02. The van der Waals surface area contributed by atoms with Gasteiger partial charge in [0.1, 0.15) is 12.4 Å². The van der Waals surface area contributed by atoms with Crippen LogP contribution in [0.1, 0.15) is 26.3 Å². The van der Waals surface area contributed by atoms with Crippen LogP contribution in [-0.4, -0.2) is 28.8 Å². The maximum atomic E-state index is 12.4. The molecular formula is C25H21N3O4. The van der Waals surface area contributed by atoms with E-state index in [4.69, 9.17) is 9.47 Å². The molecule has 1 amide bonds. The van der Waals surface area contributed by atoms with Gasteiger partial charge in [-0.3, -0.25) is 4.79 Å². The zero-order valence-corrected chi connectivity index (χ0v) is 17.4. The lowest BCUT2D eigenvalue weighted by Crippen LogP contribution is -2.12. The third-order valence-electron chi connectivity index (χ3n) is 4.77. The van der Waals surface area contributed by atoms with E-state index in [2.05, 4.69) is 10.4 Å². The van der Waals surface area contributed by atoms with Crippen LogP contribution in [0.5, 0.6) is 5.75 Å². The molecule has 0 bridgehead atoms. The van der Waals surface area contributed by atoms with Gasteiger partial charge in [0.05, 0.1) is 24.6 Å². The minimum absolute atomic E-state index is 0.0930. The summed E-state index contributed by atoms with van der Waals surface area (Å²) in [5, 5.41) is 7.03. The number of ether oxygens (including phenoxy) is 2. The number of carbonyl (C=O) groups is 2. The zero-order chi connectivity index (χ0) is 22.3. The number of hydrogen-bond acceptors (Lipinski definition) is 5. The first-order valence-electron chi connectivity index (χ1n) is 9.94. The van der Waals surface area contributed by atoms with E-state index in [1.54, 1.807) is 66.5 Å². The van der Waals surface area contributed by atoms with Gasteiger partial charge in [0.25, 0.3) is 5.91 Å². The maximum absolute atomic E-state index is 12.4. The summed E-state index contributed by atoms with van der Waals surface area (Å²) in [5.74, 6) is 0.0230. The van der Waals surface area contributed by atoms with Crippen molar-refractivity contribution in [2.45, 2.75) is 6.61 Å². The fraction of sp³-hybridized carbons (Fsp3) is 0.0800. The molecule has 4 rings (SSSR count). The van der Waals surface area contributed by atoms with Crippen LogP contribution in [0.25, 0.3) is 5.69 Å². The summed E-state index contributed by atoms with van der Waals surface area (Å²) in [5.41, 5.74) is 3.17. The summed E-state index contributed by atoms with van der Waals surface area (Å²) >= 11 is 0. The fourth-order valence-electron chi connectivity index (χ4n) is 3.01. The van der Waals surface area contributed by atoms with Crippen molar-refractivity contribution in [2.24, 2.45) is 0 Å². The summed E-state index contributed by atoms with van der Waals surface area (Å²) < 4.78 is 12.1. The molecule has 0 spiro atoms. The number of para-hydroxylation sites is 1. The number of nitrogens with one attached hydrogen (secondary N) is 1. The Labute approximate surface area is 185 Å². The fourth-order valence-corrected chi connectivity index (χ4v) is 3.01. The first-order chi connectivity index (χ1) is 15.6. The second kappa shape index (κ2) is 9.61. The predicted molar refractivity (Wildman–Crippen MR) is 120 cm³/mol. The predicted octanol–water partition coefficient (Wildman–Crippen LogP) is 4.49. The minimum Gasteiger partial charge on any atom is -0.497 e. The molecule has 0 unspecified atom stereocenters. The van der Waals surface area contributed by atoms with E-state index in [0.29, 0.717) is 22.6 Å². The van der Waals surface area contributed by atoms with E-state index in [1.807, 2.05) is 30.3 Å². The lowest BCUT2D eigenvalue weighted by molar-refractivity contribution is 0.0472. The zero-order valence-electron chi connectivity index (χ0n) is 17.4. The number of nitrogens with zero attached hydrogens (tertiary/aromatic N) is 2. The summed E-state index contributed by atoms with van der Waals surface area (Å²) in [4.78, 5) is 24.8. The topological polar surface area (TPSA) is 82.4 Å². The van der Waals surface area contributed by atoms with Crippen LogP contribution in [0.15, 0.2) is 91.3 Å². The number of carbonyl (C=O) groups excluding carboxylic acids is 2. The van der Waals surface area contributed by atoms with Gasteiger partial charge in [0.15, 0.2) is 0 Å². The van der Waals surface area contributed by atoms with E-state index >= 15 is 0 Å². The molecule has 0 atom stereocenters. The van der Waals surface area contributed by atoms with Gasteiger partial charge in [-0.05, 0) is 54.1 Å². The molecule has 1 heterocycles. The van der Waals surface area contributed by atoms with Crippen molar-refractivity contribution < 1.29 is 19.1 Å². The normalized spacial score (nSPS) is 10.4. The number of rotatable bonds is 7. The lowest BCUT2D eigenvalue weighted by Gasteiger charge is -2.08. The van der Waals surface area contributed by atoms with E-state index < -0.39 is 5.97 Å². The highest BCUT2D eigenvalue weighted by Crippen LogP contribution is 2.16. The van der Waals surface area contributed by atoms with Crippen LogP contribution in [0.4, 0.5) is 5.69 Å². The van der Waals surface area contributed by atoms with Gasteiger partial charge in [-0.15, -0.1) is 0 Å². The lowest BCUT2D eigenvalue weighted by atomic mass is 10.1. The van der Waals surface area contributed by atoms with Gasteiger partial charge in [-0.1, -0.05) is 30.3 Å². The summed E-state index contributed by atoms with van der Waals surface area (Å²) in [6.07, 6.45) is 3.10. The molecule has 1 N–H and O–H groups in total. The highest BCUT2D eigenvalue weighted by atomic mass is 16.5. The Morgan fingerprint density at radius 3 is 2.31 bits per heavy atom. The Hall–Kier alpha value is -4.39. The van der Waals surface area contributed by atoms with Crippen LogP contribution < -0.4 is 10.1 Å². The highest BCUT2D eigenvalue weighted by Gasteiger charge is 2.12. The quantitative estimate of drug-likeness (QED) is 0.440. The number of amides is 1. The number of anilines is 1. The molecule has 7 nitrogen and oxygen atoms in total. The third-order valence-corrected chi connectivity index (χ3v) is 4.77. The molecule has 1 aromatic heterocycles. The van der Waals surface area contributed by atoms with Crippen molar-refractivity contribution in [2.75, 3.05) is 12.4 Å². The average molecular weight is 427 g/mol. The highest BCUT2D eigenvalue weighted by molar-refractivity contribution is 6.04. The monoisotopic (exact) mass is 427 g/mol. The molecule has 0 fully saturated rings. The summed E-state index contributed by atoms with van der Waals surface area (Å²) in [6, 6.07) is 23.5. The van der Waals surface area contributed by atoms with Crippen molar-refractivity contribution >= 4 is 17.6 Å². The molecule has 4 aromatic rings. The van der Waals surface area contributed by atoms with Gasteiger partial charge in [-0.25, -0.2) is 9.48 Å². The largest absolute Gasteiger partial charge is 0.497 e. The van der Waals surface area contributed by atoms with Crippen molar-refractivity contribution in [1.29, 1.82) is 0 Å². The maximum Gasteiger partial charge on any atom is 0.341 e. The van der Waals surface area contributed by atoms with E-state index in [0.717, 1.165) is 11.3 Å². The molecule has 0 saturated heterocycles. The second-order valence-corrected chi connectivity index (χ2v) is 6.96. The number of hydrogen-bond donors (Lipinski definition) is 1. The molecule has 0 aliphatic carbocycles. The van der Waals surface area contributed by atoms with Crippen LogP contribution in [0.2, 0.25) is 0 Å². The van der Waals surface area contributed by atoms with Crippen LogP contribution >= 0.6 is 0 Å². The minimum atomic E-state index is -0.464. The Morgan fingerprint density at radius 1 is 0.906 bits per heavy atom. The van der Waals surface area contributed by atoms with E-state index in [9.17, 15) is 9.59 Å². The van der Waals surface area contributed by atoms with Gasteiger partial charge >= 0.3 is 5.97 Å². The van der Waals surface area contributed by atoms with Crippen molar-refractivity contribution in [1.82, 2.24) is 9.78 Å². The number of methoxy groups -OCH3 is 1. The number of esters is 1. The molecule has 0 aliphatic heterocycles. The Kier molecular flexibility index (Phi) is 6.27. The van der Waals surface area contributed by atoms with Crippen LogP contribution in [0.3, 0.4) is 0 Å². The average Bonchev–Trinajstić information content (AvgIpc) is 3.34. The molecule has 0 saturated carbocycles. The van der Waals surface area contributed by atoms with E-state index in [1.165, 1.54) is 6.20 Å². The summed E-state index contributed by atoms with van der Waals surface area (Å²) in [7, 11) is 1.59. The molecule has 7 heteroatoms. The smallest absolute Gasteiger partial charge is 0.341 e. The van der Waals surface area contributed by atoms with Gasteiger partial charge in [0.2, 0.25) is 0 Å². The Bertz CT molecular complexity index is 1200. The summed E-state index contributed by atoms with van der Waals surface area (Å²) in [6.45, 7) is 0.0930. The Morgan fingerprint density at radius 2 is 1.62 bits per heavy atom. The number of aromatic nitrogens is 2. The van der Waals surface area contributed by atoms with Gasteiger partial charge in [-0.2, -0.15) is 5.10 Å². The molecule has 0 radical (unpaired) electrons. The molecule has 3 aromatic carbocycles. The Balaban J connectivity index is 1.32. The molecule has 0 aliphatic rings. The molecule has 32 heavy (non-hydrogen) atoms. The number of benzene rings is 3. The van der Waals surface area contributed by atoms with Gasteiger partial charge in [0, 0.05) is 17.4 Å². The second-order valence-electron chi connectivity index (χ2n) is 6.96. The van der Waals surface area contributed by atoms with Crippen molar-refractivity contribution in [3.8, 4) is 11.4 Å². The van der Waals surface area contributed by atoms with Crippen LogP contribution in [0, 0.1) is 0 Å². The van der Waals surface area contributed by atoms with Gasteiger partial charge < -0.3 is 14.8 Å². The van der Waals surface area contributed by atoms with Crippen LogP contribution in [-0.2, 0) is 11.3 Å². The van der Waals surface area contributed by atoms with E-state index in [-0.39, 0.29) is 12.5 Å².